The number of piperazine rings is 1. The SMILES string of the molecule is N[C@@H]1CCC[C@H]1CC(=O)N1CCN(S(=O)(=O)Cc2ccon2)CC1. The zero-order chi connectivity index (χ0) is 17.2. The highest BCUT2D eigenvalue weighted by Gasteiger charge is 2.32. The fraction of sp³-hybridized carbons (Fsp3) is 0.733. The maximum absolute atomic E-state index is 12.4. The second-order valence-corrected chi connectivity index (χ2v) is 8.55. The van der Waals surface area contributed by atoms with E-state index in [2.05, 4.69) is 9.68 Å². The fourth-order valence-corrected chi connectivity index (χ4v) is 4.90. The van der Waals surface area contributed by atoms with Crippen molar-refractivity contribution in [3.63, 3.8) is 0 Å². The lowest BCUT2D eigenvalue weighted by atomic mass is 9.99. The molecule has 0 spiro atoms. The maximum Gasteiger partial charge on any atom is 0.222 e. The lowest BCUT2D eigenvalue weighted by molar-refractivity contribution is -0.133. The molecule has 1 aliphatic heterocycles. The lowest BCUT2D eigenvalue weighted by Crippen LogP contribution is -2.51. The van der Waals surface area contributed by atoms with Crippen LogP contribution in [0.1, 0.15) is 31.4 Å². The molecule has 1 saturated heterocycles. The van der Waals surface area contributed by atoms with Gasteiger partial charge in [-0.2, -0.15) is 4.31 Å². The van der Waals surface area contributed by atoms with Gasteiger partial charge in [-0.3, -0.25) is 4.79 Å². The highest BCUT2D eigenvalue weighted by molar-refractivity contribution is 7.88. The minimum absolute atomic E-state index is 0.0888. The summed E-state index contributed by atoms with van der Waals surface area (Å²) in [5.41, 5.74) is 6.42. The van der Waals surface area contributed by atoms with Crippen molar-refractivity contribution in [3.8, 4) is 0 Å². The van der Waals surface area contributed by atoms with E-state index in [0.29, 0.717) is 38.3 Å². The quantitative estimate of drug-likeness (QED) is 0.805. The second kappa shape index (κ2) is 7.20. The van der Waals surface area contributed by atoms with Crippen LogP contribution in [0.5, 0.6) is 0 Å². The summed E-state index contributed by atoms with van der Waals surface area (Å²) in [5.74, 6) is 0.186. The largest absolute Gasteiger partial charge is 0.364 e. The summed E-state index contributed by atoms with van der Waals surface area (Å²) in [6.07, 6.45) is 4.93. The Morgan fingerprint density at radius 3 is 2.62 bits per heavy atom. The Balaban J connectivity index is 1.50. The number of carbonyl (C=O) groups excluding carboxylic acids is 1. The molecule has 8 nitrogen and oxygen atoms in total. The molecular weight excluding hydrogens is 332 g/mol. The van der Waals surface area contributed by atoms with E-state index < -0.39 is 10.0 Å². The summed E-state index contributed by atoms with van der Waals surface area (Å²) in [5, 5.41) is 3.65. The summed E-state index contributed by atoms with van der Waals surface area (Å²) >= 11 is 0. The molecule has 9 heteroatoms. The highest BCUT2D eigenvalue weighted by atomic mass is 32.2. The van der Waals surface area contributed by atoms with Gasteiger partial charge in [-0.1, -0.05) is 11.6 Å². The summed E-state index contributed by atoms with van der Waals surface area (Å²) in [6, 6.07) is 1.67. The number of rotatable bonds is 5. The topological polar surface area (TPSA) is 110 Å². The fourth-order valence-electron chi connectivity index (χ4n) is 3.48. The van der Waals surface area contributed by atoms with Gasteiger partial charge in [0.15, 0.2) is 0 Å². The van der Waals surface area contributed by atoms with E-state index >= 15 is 0 Å². The molecule has 1 aliphatic carbocycles. The van der Waals surface area contributed by atoms with Gasteiger partial charge in [0.2, 0.25) is 15.9 Å². The molecule has 134 valence electrons. The molecule has 2 heterocycles. The number of sulfonamides is 1. The van der Waals surface area contributed by atoms with Crippen molar-refractivity contribution in [2.45, 2.75) is 37.5 Å². The van der Waals surface area contributed by atoms with E-state index in [1.807, 2.05) is 0 Å². The first-order valence-corrected chi connectivity index (χ1v) is 9.97. The molecule has 24 heavy (non-hydrogen) atoms. The van der Waals surface area contributed by atoms with Crippen LogP contribution in [0.25, 0.3) is 0 Å². The van der Waals surface area contributed by atoms with Crippen LogP contribution in [0.4, 0.5) is 0 Å². The van der Waals surface area contributed by atoms with Crippen LogP contribution in [-0.4, -0.2) is 60.9 Å². The molecule has 0 aromatic carbocycles. The Kier molecular flexibility index (Phi) is 5.21. The first kappa shape index (κ1) is 17.4. The number of nitrogens with zero attached hydrogens (tertiary/aromatic N) is 3. The zero-order valence-electron chi connectivity index (χ0n) is 13.6. The third kappa shape index (κ3) is 3.96. The first-order valence-electron chi connectivity index (χ1n) is 8.36. The van der Waals surface area contributed by atoms with Crippen molar-refractivity contribution in [3.05, 3.63) is 18.0 Å². The van der Waals surface area contributed by atoms with E-state index in [4.69, 9.17) is 5.73 Å². The minimum atomic E-state index is -3.43. The molecule has 1 aromatic heterocycles. The predicted octanol–water partition coefficient (Wildman–Crippen LogP) is 0.166. The normalized spacial score (nSPS) is 26.0. The molecule has 3 rings (SSSR count). The van der Waals surface area contributed by atoms with Crippen LogP contribution in [0, 0.1) is 5.92 Å². The minimum Gasteiger partial charge on any atom is -0.364 e. The van der Waals surface area contributed by atoms with Crippen LogP contribution < -0.4 is 5.73 Å². The standard InChI is InChI=1S/C15H24N4O4S/c16-14-3-1-2-12(14)10-15(20)18-5-7-19(8-6-18)24(21,22)11-13-4-9-23-17-13/h4,9,12,14H,1-3,5-8,10-11,16H2/t12-,14+/m0/s1. The summed E-state index contributed by atoms with van der Waals surface area (Å²) in [6.45, 7) is 1.50. The number of carbonyl (C=O) groups is 1. The van der Waals surface area contributed by atoms with Crippen LogP contribution >= 0.6 is 0 Å². The number of aromatic nitrogens is 1. The third-order valence-electron chi connectivity index (χ3n) is 4.96. The van der Waals surface area contributed by atoms with Gasteiger partial charge in [-0.05, 0) is 18.8 Å². The average molecular weight is 356 g/mol. The number of hydrogen-bond acceptors (Lipinski definition) is 6. The lowest BCUT2D eigenvalue weighted by Gasteiger charge is -2.34. The molecule has 1 saturated carbocycles. The Bertz CT molecular complexity index is 653. The second-order valence-electron chi connectivity index (χ2n) is 6.59. The van der Waals surface area contributed by atoms with Gasteiger partial charge in [-0.15, -0.1) is 0 Å². The van der Waals surface area contributed by atoms with Gasteiger partial charge < -0.3 is 15.2 Å². The van der Waals surface area contributed by atoms with E-state index in [1.54, 1.807) is 11.0 Å². The molecule has 1 amide bonds. The van der Waals surface area contributed by atoms with E-state index in [-0.39, 0.29) is 23.6 Å². The summed E-state index contributed by atoms with van der Waals surface area (Å²) in [4.78, 5) is 14.1. The van der Waals surface area contributed by atoms with Crippen molar-refractivity contribution >= 4 is 15.9 Å². The Morgan fingerprint density at radius 1 is 1.29 bits per heavy atom. The number of nitrogens with two attached hydrogens (primary N) is 1. The Hall–Kier alpha value is -1.45. The molecule has 0 radical (unpaired) electrons. The molecular formula is C15H24N4O4S. The summed E-state index contributed by atoms with van der Waals surface area (Å²) < 4.78 is 30.8. The maximum atomic E-state index is 12.4. The van der Waals surface area contributed by atoms with Crippen molar-refractivity contribution in [1.82, 2.24) is 14.4 Å². The average Bonchev–Trinajstić information content (AvgIpc) is 3.19. The number of amides is 1. The van der Waals surface area contributed by atoms with Crippen LogP contribution in [0.15, 0.2) is 16.9 Å². The van der Waals surface area contributed by atoms with E-state index in [9.17, 15) is 13.2 Å². The van der Waals surface area contributed by atoms with Crippen LogP contribution in [0.3, 0.4) is 0 Å². The van der Waals surface area contributed by atoms with Gasteiger partial charge in [0.05, 0.1) is 5.69 Å². The smallest absolute Gasteiger partial charge is 0.222 e. The van der Waals surface area contributed by atoms with Crippen molar-refractivity contribution in [1.29, 1.82) is 0 Å². The molecule has 2 aliphatic rings. The molecule has 0 bridgehead atoms. The third-order valence-corrected chi connectivity index (χ3v) is 6.77. The van der Waals surface area contributed by atoms with Gasteiger partial charge in [0.1, 0.15) is 12.0 Å². The molecule has 0 unspecified atom stereocenters. The van der Waals surface area contributed by atoms with Crippen molar-refractivity contribution in [2.75, 3.05) is 26.2 Å². The van der Waals surface area contributed by atoms with Gasteiger partial charge >= 0.3 is 0 Å². The monoisotopic (exact) mass is 356 g/mol. The van der Waals surface area contributed by atoms with Gasteiger partial charge in [0, 0.05) is 44.7 Å². The van der Waals surface area contributed by atoms with Crippen molar-refractivity contribution in [2.24, 2.45) is 11.7 Å². The van der Waals surface area contributed by atoms with E-state index in [0.717, 1.165) is 19.3 Å². The molecule has 2 N–H and O–H groups in total. The predicted molar refractivity (Wildman–Crippen MR) is 87.2 cm³/mol. The Morgan fingerprint density at radius 2 is 2.04 bits per heavy atom. The Labute approximate surface area is 142 Å². The van der Waals surface area contributed by atoms with Gasteiger partial charge in [-0.25, -0.2) is 8.42 Å². The van der Waals surface area contributed by atoms with Crippen LogP contribution in [-0.2, 0) is 20.6 Å². The molecule has 2 atom stereocenters. The highest BCUT2D eigenvalue weighted by Crippen LogP contribution is 2.27. The molecule has 2 fully saturated rings. The first-order chi connectivity index (χ1) is 11.5. The summed E-state index contributed by atoms with van der Waals surface area (Å²) in [7, 11) is -3.43. The van der Waals surface area contributed by atoms with Gasteiger partial charge in [0.25, 0.3) is 0 Å². The van der Waals surface area contributed by atoms with E-state index in [1.165, 1.54) is 10.6 Å². The zero-order valence-corrected chi connectivity index (χ0v) is 14.5. The molecule has 1 aromatic rings. The van der Waals surface area contributed by atoms with Crippen LogP contribution in [0.2, 0.25) is 0 Å². The van der Waals surface area contributed by atoms with Crippen molar-refractivity contribution < 1.29 is 17.7 Å². The number of hydrogen-bond donors (Lipinski definition) is 1.